The van der Waals surface area contributed by atoms with E-state index < -0.39 is 0 Å². The average molecular weight is 300 g/mol. The molecule has 0 aliphatic carbocycles. The molecule has 1 N–H and O–H groups in total. The lowest BCUT2D eigenvalue weighted by molar-refractivity contribution is 0.976. The van der Waals surface area contributed by atoms with Gasteiger partial charge in [-0.2, -0.15) is 0 Å². The Balaban J connectivity index is 2.30. The minimum atomic E-state index is 0.403. The largest absolute Gasteiger partial charge is 0.339 e. The van der Waals surface area contributed by atoms with Crippen LogP contribution in [0.2, 0.25) is 10.2 Å². The summed E-state index contributed by atoms with van der Waals surface area (Å²) in [4.78, 5) is 8.38. The number of hydrogen-bond acceptors (Lipinski definition) is 4. The number of halogens is 2. The molecule has 0 spiro atoms. The minimum Gasteiger partial charge on any atom is -0.339 e. The van der Waals surface area contributed by atoms with Gasteiger partial charge >= 0.3 is 0 Å². The molecule has 0 amide bonds. The first-order chi connectivity index (χ1) is 8.58. The van der Waals surface area contributed by atoms with Gasteiger partial charge in [0.15, 0.2) is 5.16 Å². The molecule has 3 nitrogen and oxygen atoms in total. The summed E-state index contributed by atoms with van der Waals surface area (Å²) >= 11 is 13.5. The molecule has 1 aromatic carbocycles. The van der Waals surface area contributed by atoms with E-state index >= 15 is 0 Å². The van der Waals surface area contributed by atoms with Crippen molar-refractivity contribution in [1.29, 1.82) is 0 Å². The van der Waals surface area contributed by atoms with E-state index in [4.69, 9.17) is 23.2 Å². The molecule has 0 atom stereocenters. The molecule has 18 heavy (non-hydrogen) atoms. The Labute approximate surface area is 120 Å². The van der Waals surface area contributed by atoms with Crippen molar-refractivity contribution in [3.63, 3.8) is 0 Å². The normalized spacial score (nSPS) is 10.4. The summed E-state index contributed by atoms with van der Waals surface area (Å²) in [7, 11) is 0. The second kappa shape index (κ2) is 5.78. The van der Waals surface area contributed by atoms with E-state index in [1.54, 1.807) is 6.07 Å². The standard InChI is InChI=1S/C12H11Cl2N3S/c1-7-3-4-9(8(13)5-7)15-11-6-10(14)16-12(17-11)18-2/h3-6H,1-2H3,(H,15,16,17). The van der Waals surface area contributed by atoms with Gasteiger partial charge in [-0.1, -0.05) is 41.0 Å². The van der Waals surface area contributed by atoms with E-state index in [-0.39, 0.29) is 0 Å². The van der Waals surface area contributed by atoms with E-state index in [2.05, 4.69) is 15.3 Å². The maximum absolute atomic E-state index is 6.15. The average Bonchev–Trinajstić information content (AvgIpc) is 2.32. The Morgan fingerprint density at radius 3 is 2.61 bits per heavy atom. The van der Waals surface area contributed by atoms with Gasteiger partial charge in [0.1, 0.15) is 11.0 Å². The molecule has 2 aromatic rings. The zero-order valence-electron chi connectivity index (χ0n) is 9.87. The highest BCUT2D eigenvalue weighted by molar-refractivity contribution is 7.98. The summed E-state index contributed by atoms with van der Waals surface area (Å²) in [5, 5.41) is 4.80. The third-order valence-corrected chi connectivity index (χ3v) is 3.30. The molecule has 0 bridgehead atoms. The third-order valence-electron chi connectivity index (χ3n) is 2.24. The predicted octanol–water partition coefficient (Wildman–Crippen LogP) is 4.56. The van der Waals surface area contributed by atoms with Crippen LogP contribution in [0.1, 0.15) is 5.56 Å². The van der Waals surface area contributed by atoms with Crippen molar-refractivity contribution >= 4 is 46.5 Å². The van der Waals surface area contributed by atoms with Gasteiger partial charge < -0.3 is 5.32 Å². The lowest BCUT2D eigenvalue weighted by Crippen LogP contribution is -1.97. The SMILES string of the molecule is CSc1nc(Cl)cc(Nc2ccc(C)cc2Cl)n1. The monoisotopic (exact) mass is 299 g/mol. The molecule has 0 aliphatic rings. The van der Waals surface area contributed by atoms with Crippen molar-refractivity contribution in [2.75, 3.05) is 11.6 Å². The fourth-order valence-electron chi connectivity index (χ4n) is 1.41. The van der Waals surface area contributed by atoms with E-state index in [1.165, 1.54) is 11.8 Å². The van der Waals surface area contributed by atoms with Gasteiger partial charge in [-0.05, 0) is 30.9 Å². The van der Waals surface area contributed by atoms with Crippen LogP contribution in [-0.4, -0.2) is 16.2 Å². The van der Waals surface area contributed by atoms with Crippen LogP contribution in [0.3, 0.4) is 0 Å². The van der Waals surface area contributed by atoms with Crippen LogP contribution in [-0.2, 0) is 0 Å². The molecular weight excluding hydrogens is 289 g/mol. The van der Waals surface area contributed by atoms with Crippen molar-refractivity contribution in [3.8, 4) is 0 Å². The van der Waals surface area contributed by atoms with Crippen molar-refractivity contribution < 1.29 is 0 Å². The zero-order chi connectivity index (χ0) is 13.1. The van der Waals surface area contributed by atoms with Crippen molar-refractivity contribution in [3.05, 3.63) is 40.0 Å². The number of nitrogens with zero attached hydrogens (tertiary/aromatic N) is 2. The maximum atomic E-state index is 6.15. The van der Waals surface area contributed by atoms with E-state index in [0.29, 0.717) is 21.2 Å². The first kappa shape index (κ1) is 13.5. The number of rotatable bonds is 3. The Bertz CT molecular complexity index is 575. The highest BCUT2D eigenvalue weighted by atomic mass is 35.5. The Kier molecular flexibility index (Phi) is 4.32. The van der Waals surface area contributed by atoms with Gasteiger partial charge in [0, 0.05) is 6.07 Å². The first-order valence-electron chi connectivity index (χ1n) is 5.20. The van der Waals surface area contributed by atoms with Crippen LogP contribution in [0.4, 0.5) is 11.5 Å². The topological polar surface area (TPSA) is 37.8 Å². The van der Waals surface area contributed by atoms with Gasteiger partial charge in [-0.25, -0.2) is 9.97 Å². The van der Waals surface area contributed by atoms with Crippen LogP contribution in [0, 0.1) is 6.92 Å². The van der Waals surface area contributed by atoms with Crippen molar-refractivity contribution in [2.45, 2.75) is 12.1 Å². The Morgan fingerprint density at radius 1 is 1.17 bits per heavy atom. The molecule has 0 radical (unpaired) electrons. The minimum absolute atomic E-state index is 0.403. The van der Waals surface area contributed by atoms with Gasteiger partial charge in [-0.3, -0.25) is 0 Å². The highest BCUT2D eigenvalue weighted by Gasteiger charge is 2.05. The van der Waals surface area contributed by atoms with E-state index in [0.717, 1.165) is 11.3 Å². The summed E-state index contributed by atoms with van der Waals surface area (Å²) in [5.41, 5.74) is 1.90. The molecule has 6 heteroatoms. The van der Waals surface area contributed by atoms with Crippen molar-refractivity contribution in [2.24, 2.45) is 0 Å². The van der Waals surface area contributed by atoms with E-state index in [9.17, 15) is 0 Å². The number of hydrogen-bond donors (Lipinski definition) is 1. The predicted molar refractivity (Wildman–Crippen MR) is 78.3 cm³/mol. The van der Waals surface area contributed by atoms with Gasteiger partial charge in [0.2, 0.25) is 0 Å². The summed E-state index contributed by atoms with van der Waals surface area (Å²) in [6.45, 7) is 1.99. The fourth-order valence-corrected chi connectivity index (χ4v) is 2.31. The molecular formula is C12H11Cl2N3S. The number of nitrogens with one attached hydrogen (secondary N) is 1. The van der Waals surface area contributed by atoms with Crippen LogP contribution in [0.5, 0.6) is 0 Å². The number of benzene rings is 1. The quantitative estimate of drug-likeness (QED) is 0.512. The number of thioether (sulfide) groups is 1. The number of aromatic nitrogens is 2. The third kappa shape index (κ3) is 3.28. The summed E-state index contributed by atoms with van der Waals surface area (Å²) in [5.74, 6) is 0.630. The summed E-state index contributed by atoms with van der Waals surface area (Å²) in [6, 6.07) is 7.44. The first-order valence-corrected chi connectivity index (χ1v) is 7.18. The summed E-state index contributed by atoms with van der Waals surface area (Å²) < 4.78 is 0. The fraction of sp³-hybridized carbons (Fsp3) is 0.167. The maximum Gasteiger partial charge on any atom is 0.190 e. The molecule has 0 unspecified atom stereocenters. The molecule has 0 aliphatic heterocycles. The van der Waals surface area contributed by atoms with Gasteiger partial charge in [-0.15, -0.1) is 0 Å². The molecule has 0 saturated carbocycles. The Morgan fingerprint density at radius 2 is 1.94 bits per heavy atom. The van der Waals surface area contributed by atoms with Gasteiger partial charge in [0.25, 0.3) is 0 Å². The smallest absolute Gasteiger partial charge is 0.190 e. The van der Waals surface area contributed by atoms with Crippen molar-refractivity contribution in [1.82, 2.24) is 9.97 Å². The molecule has 94 valence electrons. The number of aryl methyl sites for hydroxylation is 1. The molecule has 1 aromatic heterocycles. The molecule has 0 saturated heterocycles. The second-order valence-electron chi connectivity index (χ2n) is 3.67. The highest BCUT2D eigenvalue weighted by Crippen LogP contribution is 2.27. The summed E-state index contributed by atoms with van der Waals surface area (Å²) in [6.07, 6.45) is 1.90. The zero-order valence-corrected chi connectivity index (χ0v) is 12.2. The Hall–Kier alpha value is -0.970. The van der Waals surface area contributed by atoms with Crippen LogP contribution < -0.4 is 5.32 Å². The molecule has 1 heterocycles. The van der Waals surface area contributed by atoms with E-state index in [1.807, 2.05) is 31.4 Å². The van der Waals surface area contributed by atoms with Crippen LogP contribution in [0.25, 0.3) is 0 Å². The van der Waals surface area contributed by atoms with Gasteiger partial charge in [0.05, 0.1) is 10.7 Å². The lowest BCUT2D eigenvalue weighted by atomic mass is 10.2. The van der Waals surface area contributed by atoms with Crippen LogP contribution >= 0.6 is 35.0 Å². The molecule has 2 rings (SSSR count). The second-order valence-corrected chi connectivity index (χ2v) is 5.24. The van der Waals surface area contributed by atoms with Crippen LogP contribution in [0.15, 0.2) is 29.4 Å². The number of anilines is 2. The molecule has 0 fully saturated rings. The lowest BCUT2D eigenvalue weighted by Gasteiger charge is -2.09.